The van der Waals surface area contributed by atoms with Gasteiger partial charge in [-0.1, -0.05) is 109 Å². The van der Waals surface area contributed by atoms with E-state index in [0.717, 1.165) is 96.5 Å². The minimum absolute atomic E-state index is 0.688. The van der Waals surface area contributed by atoms with Crippen molar-refractivity contribution >= 4 is 39.0 Å². The molecular weight excluding hydrogens is 613 g/mol. The summed E-state index contributed by atoms with van der Waals surface area (Å²) in [6, 6.07) is 50.6. The van der Waals surface area contributed by atoms with Crippen LogP contribution in [0.5, 0.6) is 0 Å². The van der Waals surface area contributed by atoms with Gasteiger partial charge in [-0.2, -0.15) is 0 Å². The fourth-order valence-corrected chi connectivity index (χ4v) is 7.24. The van der Waals surface area contributed by atoms with E-state index in [0.29, 0.717) is 5.82 Å². The molecule has 9 aromatic rings. The summed E-state index contributed by atoms with van der Waals surface area (Å²) in [4.78, 5) is 10.2. The van der Waals surface area contributed by atoms with E-state index in [1.165, 1.54) is 10.9 Å². The second-order valence-corrected chi connectivity index (χ2v) is 12.9. The molecule has 1 aliphatic carbocycles. The van der Waals surface area contributed by atoms with Crippen LogP contribution in [-0.4, -0.2) is 9.97 Å². The summed E-state index contributed by atoms with van der Waals surface area (Å²) in [5.41, 5.74) is 13.2. The molecule has 0 unspecified atom stereocenters. The van der Waals surface area contributed by atoms with Crippen LogP contribution in [-0.2, 0) is 6.42 Å². The Morgan fingerprint density at radius 1 is 0.420 bits per heavy atom. The van der Waals surface area contributed by atoms with E-state index < -0.39 is 0 Å². The molecule has 0 aliphatic heterocycles. The van der Waals surface area contributed by atoms with Gasteiger partial charge in [0.2, 0.25) is 0 Å². The zero-order valence-electron chi connectivity index (χ0n) is 27.1. The van der Waals surface area contributed by atoms with E-state index in [4.69, 9.17) is 18.8 Å². The molecule has 0 amide bonds. The van der Waals surface area contributed by atoms with Gasteiger partial charge >= 0.3 is 0 Å². The van der Waals surface area contributed by atoms with Gasteiger partial charge in [-0.15, -0.1) is 0 Å². The van der Waals surface area contributed by atoms with E-state index in [-0.39, 0.29) is 0 Å². The van der Waals surface area contributed by atoms with Crippen LogP contribution in [0.4, 0.5) is 0 Å². The second kappa shape index (κ2) is 11.6. The number of para-hydroxylation sites is 1. The fourth-order valence-electron chi connectivity index (χ4n) is 7.24. The highest BCUT2D eigenvalue weighted by atomic mass is 16.3. The highest BCUT2D eigenvalue weighted by Crippen LogP contribution is 2.37. The van der Waals surface area contributed by atoms with Gasteiger partial charge in [0.05, 0.1) is 11.4 Å². The van der Waals surface area contributed by atoms with Gasteiger partial charge in [-0.05, 0) is 83.6 Å². The summed E-state index contributed by atoms with van der Waals surface area (Å²) < 4.78 is 12.5. The first kappa shape index (κ1) is 28.5. The molecule has 10 rings (SSSR count). The molecule has 0 bridgehead atoms. The van der Waals surface area contributed by atoms with Gasteiger partial charge in [-0.25, -0.2) is 9.97 Å². The van der Waals surface area contributed by atoms with Crippen molar-refractivity contribution in [3.05, 3.63) is 163 Å². The number of nitrogens with zero attached hydrogens (tertiary/aromatic N) is 2. The molecule has 0 fully saturated rings. The third-order valence-corrected chi connectivity index (χ3v) is 9.77. The lowest BCUT2D eigenvalue weighted by Crippen LogP contribution is -1.96. The Balaban J connectivity index is 1.06. The Morgan fingerprint density at radius 3 is 1.74 bits per heavy atom. The summed E-state index contributed by atoms with van der Waals surface area (Å²) in [6.07, 6.45) is 6.37. The molecule has 0 radical (unpaired) electrons. The Hall–Kier alpha value is -6.52. The van der Waals surface area contributed by atoms with Crippen LogP contribution < -0.4 is 0 Å². The van der Waals surface area contributed by atoms with Crippen molar-refractivity contribution in [2.24, 2.45) is 0 Å². The Kier molecular flexibility index (Phi) is 6.59. The molecule has 4 nitrogen and oxygen atoms in total. The van der Waals surface area contributed by atoms with Crippen LogP contribution in [0, 0.1) is 0 Å². The fraction of sp³-hybridized carbons (Fsp3) is 0.0435. The largest absolute Gasteiger partial charge is 0.456 e. The van der Waals surface area contributed by atoms with Crippen molar-refractivity contribution in [3.63, 3.8) is 0 Å². The molecule has 0 saturated carbocycles. The molecule has 0 spiro atoms. The van der Waals surface area contributed by atoms with Crippen molar-refractivity contribution in [2.45, 2.75) is 12.8 Å². The van der Waals surface area contributed by atoms with E-state index in [2.05, 4.69) is 121 Å². The summed E-state index contributed by atoms with van der Waals surface area (Å²) in [5, 5.41) is 3.46. The number of hydrogen-bond donors (Lipinski definition) is 0. The predicted octanol–water partition coefficient (Wildman–Crippen LogP) is 12.4. The molecule has 236 valence electrons. The number of aromatic nitrogens is 2. The quantitative estimate of drug-likeness (QED) is 0.187. The lowest BCUT2D eigenvalue weighted by atomic mass is 9.97. The number of rotatable bonds is 5. The monoisotopic (exact) mass is 642 g/mol. The van der Waals surface area contributed by atoms with Gasteiger partial charge in [0.1, 0.15) is 22.5 Å². The van der Waals surface area contributed by atoms with Crippen molar-refractivity contribution in [3.8, 4) is 56.2 Å². The van der Waals surface area contributed by atoms with Gasteiger partial charge in [-0.3, -0.25) is 0 Å². The van der Waals surface area contributed by atoms with Crippen molar-refractivity contribution in [1.29, 1.82) is 0 Å². The molecule has 50 heavy (non-hydrogen) atoms. The standard InChI is InChI=1S/C46H30N2O2/c1-2-10-29(11-3-1)46-47-40(34-14-8-12-30(24-34)32-20-22-38-36-16-4-6-18-42(36)49-44(38)26-32)28-41(48-46)35-15-9-13-31(25-35)33-21-23-39-37-17-5-7-19-43(37)50-45(39)27-33/h1-4,6-16,18-28H,5,17H2. The zero-order chi connectivity index (χ0) is 33.0. The van der Waals surface area contributed by atoms with Gasteiger partial charge in [0, 0.05) is 38.4 Å². The normalized spacial score (nSPS) is 12.6. The Bertz CT molecular complexity index is 2770. The molecule has 3 heterocycles. The number of allylic oxidation sites excluding steroid dienone is 1. The van der Waals surface area contributed by atoms with Crippen molar-refractivity contribution in [1.82, 2.24) is 9.97 Å². The third kappa shape index (κ3) is 4.92. The minimum atomic E-state index is 0.688. The van der Waals surface area contributed by atoms with E-state index >= 15 is 0 Å². The molecule has 0 saturated heterocycles. The number of fused-ring (bicyclic) bond motifs is 6. The summed E-state index contributed by atoms with van der Waals surface area (Å²) in [7, 11) is 0. The summed E-state index contributed by atoms with van der Waals surface area (Å²) in [5.74, 6) is 1.67. The number of furan rings is 2. The number of aryl methyl sites for hydroxylation is 1. The maximum Gasteiger partial charge on any atom is 0.160 e. The molecule has 6 aromatic carbocycles. The summed E-state index contributed by atoms with van der Waals surface area (Å²) in [6.45, 7) is 0. The lowest BCUT2D eigenvalue weighted by molar-refractivity contribution is 0.595. The third-order valence-electron chi connectivity index (χ3n) is 9.77. The molecule has 1 aliphatic rings. The Labute approximate surface area is 289 Å². The van der Waals surface area contributed by atoms with Gasteiger partial charge in [0.15, 0.2) is 5.82 Å². The number of benzene rings is 6. The highest BCUT2D eigenvalue weighted by molar-refractivity contribution is 6.06. The first-order valence-electron chi connectivity index (χ1n) is 17.0. The van der Waals surface area contributed by atoms with E-state index in [1.54, 1.807) is 0 Å². The predicted molar refractivity (Wildman–Crippen MR) is 204 cm³/mol. The minimum Gasteiger partial charge on any atom is -0.456 e. The molecule has 3 aromatic heterocycles. The molecule has 0 atom stereocenters. The van der Waals surface area contributed by atoms with E-state index in [1.807, 2.05) is 36.4 Å². The zero-order valence-corrected chi connectivity index (χ0v) is 27.1. The van der Waals surface area contributed by atoms with Crippen LogP contribution in [0.15, 0.2) is 161 Å². The highest BCUT2D eigenvalue weighted by Gasteiger charge is 2.17. The molecule has 0 N–H and O–H groups in total. The van der Waals surface area contributed by atoms with Crippen molar-refractivity contribution in [2.75, 3.05) is 0 Å². The van der Waals surface area contributed by atoms with Crippen molar-refractivity contribution < 1.29 is 8.83 Å². The lowest BCUT2D eigenvalue weighted by Gasteiger charge is -2.11. The van der Waals surface area contributed by atoms with Gasteiger partial charge in [0.25, 0.3) is 0 Å². The second-order valence-electron chi connectivity index (χ2n) is 12.9. The average molecular weight is 643 g/mol. The van der Waals surface area contributed by atoms with Crippen LogP contribution in [0.25, 0.3) is 95.1 Å². The average Bonchev–Trinajstić information content (AvgIpc) is 3.76. The smallest absolute Gasteiger partial charge is 0.160 e. The van der Waals surface area contributed by atoms with E-state index in [9.17, 15) is 0 Å². The molecular formula is C46H30N2O2. The maximum absolute atomic E-state index is 6.26. The Morgan fingerprint density at radius 2 is 1.00 bits per heavy atom. The van der Waals surface area contributed by atoms with Crippen LogP contribution in [0.1, 0.15) is 17.7 Å². The number of hydrogen-bond acceptors (Lipinski definition) is 4. The first-order valence-corrected chi connectivity index (χ1v) is 17.0. The molecule has 4 heteroatoms. The summed E-state index contributed by atoms with van der Waals surface area (Å²) >= 11 is 0. The first-order chi connectivity index (χ1) is 24.7. The van der Waals surface area contributed by atoms with Crippen LogP contribution >= 0.6 is 0 Å². The van der Waals surface area contributed by atoms with Gasteiger partial charge < -0.3 is 8.83 Å². The maximum atomic E-state index is 6.26. The topological polar surface area (TPSA) is 52.1 Å². The van der Waals surface area contributed by atoms with Crippen LogP contribution in [0.3, 0.4) is 0 Å². The SMILES string of the molecule is C1=Cc2oc3cc(-c4cccc(-c5cc(-c6cccc(-c7ccc8c(c7)oc7ccccc78)c6)nc(-c6ccccc6)n5)c4)ccc3c2CC1. The van der Waals surface area contributed by atoms with Crippen LogP contribution in [0.2, 0.25) is 0 Å².